The van der Waals surface area contributed by atoms with Crippen LogP contribution in [0.3, 0.4) is 0 Å². The predicted molar refractivity (Wildman–Crippen MR) is 70.7 cm³/mol. The highest BCUT2D eigenvalue weighted by Gasteiger charge is 2.04. The summed E-state index contributed by atoms with van der Waals surface area (Å²) in [5, 5.41) is 17.0. The van der Waals surface area contributed by atoms with Crippen molar-refractivity contribution < 1.29 is 19.8 Å². The summed E-state index contributed by atoms with van der Waals surface area (Å²) in [6.07, 6.45) is 1.29. The van der Waals surface area contributed by atoms with E-state index < -0.39 is 11.9 Å². The van der Waals surface area contributed by atoms with Gasteiger partial charge < -0.3 is 10.2 Å². The van der Waals surface area contributed by atoms with E-state index in [1.54, 1.807) is 0 Å². The molecule has 0 radical (unpaired) electrons. The number of hydrogen-bond acceptors (Lipinski definition) is 3. The van der Waals surface area contributed by atoms with Gasteiger partial charge in [-0.1, -0.05) is 0 Å². The minimum absolute atomic E-state index is 0. The zero-order chi connectivity index (χ0) is 11.3. The van der Waals surface area contributed by atoms with Gasteiger partial charge in [-0.05, 0) is 25.0 Å². The lowest BCUT2D eigenvalue weighted by molar-refractivity contribution is -0.137. The molecule has 0 aliphatic carbocycles. The van der Waals surface area contributed by atoms with Gasteiger partial charge in [0.2, 0.25) is 0 Å². The van der Waals surface area contributed by atoms with Crippen molar-refractivity contribution in [2.24, 2.45) is 0 Å². The van der Waals surface area contributed by atoms with E-state index >= 15 is 0 Å². The molecule has 0 fully saturated rings. The minimum Gasteiger partial charge on any atom is -0.481 e. The average Bonchev–Trinajstić information content (AvgIpc) is 2.59. The van der Waals surface area contributed by atoms with Crippen molar-refractivity contribution in [2.45, 2.75) is 25.7 Å². The van der Waals surface area contributed by atoms with Crippen molar-refractivity contribution in [1.82, 2.24) is 0 Å². The second-order valence-electron chi connectivity index (χ2n) is 3.16. The van der Waals surface area contributed by atoms with Crippen molar-refractivity contribution in [2.75, 3.05) is 0 Å². The van der Waals surface area contributed by atoms with Gasteiger partial charge in [0.25, 0.3) is 0 Å². The SMILES string of the molecule is Cl.Cl.O=C(O)CCc1ccc(CCC(=O)O)s1. The molecule has 1 rings (SSSR count). The zero-order valence-electron chi connectivity index (χ0n) is 8.92. The van der Waals surface area contributed by atoms with Crippen molar-refractivity contribution in [1.29, 1.82) is 0 Å². The number of halogens is 2. The van der Waals surface area contributed by atoms with Gasteiger partial charge in [-0.15, -0.1) is 36.2 Å². The van der Waals surface area contributed by atoms with Gasteiger partial charge in [-0.25, -0.2) is 0 Å². The number of carbonyl (C=O) groups is 2. The lowest BCUT2D eigenvalue weighted by Gasteiger charge is -1.93. The molecule has 1 aromatic heterocycles. The van der Waals surface area contributed by atoms with E-state index in [9.17, 15) is 9.59 Å². The lowest BCUT2D eigenvalue weighted by Crippen LogP contribution is -1.96. The van der Waals surface area contributed by atoms with Gasteiger partial charge in [-0.2, -0.15) is 0 Å². The quantitative estimate of drug-likeness (QED) is 0.847. The Morgan fingerprint density at radius 1 is 0.941 bits per heavy atom. The van der Waals surface area contributed by atoms with E-state index in [2.05, 4.69) is 0 Å². The van der Waals surface area contributed by atoms with E-state index in [1.165, 1.54) is 11.3 Å². The van der Waals surface area contributed by atoms with E-state index in [4.69, 9.17) is 10.2 Å². The molecule has 17 heavy (non-hydrogen) atoms. The molecule has 0 spiro atoms. The Balaban J connectivity index is 0. The molecule has 0 saturated carbocycles. The van der Waals surface area contributed by atoms with Crippen LogP contribution in [0.15, 0.2) is 12.1 Å². The van der Waals surface area contributed by atoms with Crippen LogP contribution in [-0.4, -0.2) is 22.2 Å². The van der Waals surface area contributed by atoms with Gasteiger partial charge >= 0.3 is 11.9 Å². The van der Waals surface area contributed by atoms with Gasteiger partial charge in [0.15, 0.2) is 0 Å². The fraction of sp³-hybridized carbons (Fsp3) is 0.400. The van der Waals surface area contributed by atoms with Gasteiger partial charge in [0.1, 0.15) is 0 Å². The molecule has 0 aliphatic rings. The third-order valence-electron chi connectivity index (χ3n) is 1.89. The highest BCUT2D eigenvalue weighted by Crippen LogP contribution is 2.19. The molecule has 0 aliphatic heterocycles. The molecule has 7 heteroatoms. The maximum absolute atomic E-state index is 10.3. The summed E-state index contributed by atoms with van der Waals surface area (Å²) in [6.45, 7) is 0. The molecule has 0 saturated heterocycles. The molecule has 0 amide bonds. The maximum atomic E-state index is 10.3. The third kappa shape index (κ3) is 8.01. The van der Waals surface area contributed by atoms with E-state index in [-0.39, 0.29) is 37.7 Å². The normalized spacial score (nSPS) is 8.94. The molecule has 2 N–H and O–H groups in total. The summed E-state index contributed by atoms with van der Waals surface area (Å²) in [5.41, 5.74) is 0. The first-order chi connectivity index (χ1) is 7.08. The first-order valence-electron chi connectivity index (χ1n) is 4.59. The van der Waals surface area contributed by atoms with Gasteiger partial charge in [0, 0.05) is 9.75 Å². The number of aliphatic carboxylic acids is 2. The molecule has 0 bridgehead atoms. The summed E-state index contributed by atoms with van der Waals surface area (Å²) >= 11 is 1.49. The third-order valence-corrected chi connectivity index (χ3v) is 3.09. The van der Waals surface area contributed by atoms with Gasteiger partial charge in [-0.3, -0.25) is 9.59 Å². The van der Waals surface area contributed by atoms with Gasteiger partial charge in [0.05, 0.1) is 12.8 Å². The first-order valence-corrected chi connectivity index (χ1v) is 5.41. The molecular formula is C10H14Cl2O4S. The Morgan fingerprint density at radius 3 is 1.59 bits per heavy atom. The molecule has 0 atom stereocenters. The molecule has 0 unspecified atom stereocenters. The van der Waals surface area contributed by atoms with Crippen LogP contribution in [0.4, 0.5) is 0 Å². The highest BCUT2D eigenvalue weighted by molar-refractivity contribution is 7.12. The Morgan fingerprint density at radius 2 is 1.29 bits per heavy atom. The molecule has 4 nitrogen and oxygen atoms in total. The second kappa shape index (κ2) is 9.27. The molecule has 98 valence electrons. The Hall–Kier alpha value is -0.780. The van der Waals surface area contributed by atoms with Crippen molar-refractivity contribution in [3.8, 4) is 0 Å². The smallest absolute Gasteiger partial charge is 0.303 e. The van der Waals surface area contributed by atoms with Crippen LogP contribution in [0.5, 0.6) is 0 Å². The largest absolute Gasteiger partial charge is 0.481 e. The minimum atomic E-state index is -0.810. The summed E-state index contributed by atoms with van der Waals surface area (Å²) in [6, 6.07) is 3.73. The number of carboxylic acid groups (broad SMARTS) is 2. The van der Waals surface area contributed by atoms with Crippen molar-refractivity contribution in [3.05, 3.63) is 21.9 Å². The Labute approximate surface area is 115 Å². The van der Waals surface area contributed by atoms with Crippen molar-refractivity contribution in [3.63, 3.8) is 0 Å². The fourth-order valence-corrected chi connectivity index (χ4v) is 2.17. The van der Waals surface area contributed by atoms with E-state index in [0.29, 0.717) is 12.8 Å². The number of thiophene rings is 1. The number of hydrogen-bond donors (Lipinski definition) is 2. The summed E-state index contributed by atoms with van der Waals surface area (Å²) in [5.74, 6) is -1.62. The Kier molecular flexibility index (Phi) is 10.1. The summed E-state index contributed by atoms with van der Waals surface area (Å²) < 4.78 is 0. The predicted octanol–water partition coefficient (Wildman–Crippen LogP) is 2.63. The molecule has 0 aromatic carbocycles. The molecule has 1 heterocycles. The Bertz CT molecular complexity index is 332. The van der Waals surface area contributed by atoms with E-state index in [1.807, 2.05) is 12.1 Å². The van der Waals surface area contributed by atoms with Crippen LogP contribution < -0.4 is 0 Å². The fourth-order valence-electron chi connectivity index (χ4n) is 1.15. The van der Waals surface area contributed by atoms with Crippen LogP contribution in [0, 0.1) is 0 Å². The van der Waals surface area contributed by atoms with Crippen LogP contribution >= 0.6 is 36.2 Å². The average molecular weight is 301 g/mol. The van der Waals surface area contributed by atoms with E-state index in [0.717, 1.165) is 9.75 Å². The highest BCUT2D eigenvalue weighted by atomic mass is 35.5. The van der Waals surface area contributed by atoms with Crippen LogP contribution in [0.2, 0.25) is 0 Å². The summed E-state index contributed by atoms with van der Waals surface area (Å²) in [4.78, 5) is 22.6. The number of aryl methyl sites for hydroxylation is 2. The molecular weight excluding hydrogens is 287 g/mol. The zero-order valence-corrected chi connectivity index (χ0v) is 11.4. The van der Waals surface area contributed by atoms with Crippen LogP contribution in [0.25, 0.3) is 0 Å². The topological polar surface area (TPSA) is 74.6 Å². The van der Waals surface area contributed by atoms with Crippen LogP contribution in [-0.2, 0) is 22.4 Å². The van der Waals surface area contributed by atoms with Crippen molar-refractivity contribution >= 4 is 48.1 Å². The maximum Gasteiger partial charge on any atom is 0.303 e. The second-order valence-corrected chi connectivity index (χ2v) is 4.41. The monoisotopic (exact) mass is 300 g/mol. The van der Waals surface area contributed by atoms with Crippen LogP contribution in [0.1, 0.15) is 22.6 Å². The lowest BCUT2D eigenvalue weighted by atomic mass is 10.2. The molecule has 1 aromatic rings. The number of carboxylic acids is 2. The summed E-state index contributed by atoms with van der Waals surface area (Å²) in [7, 11) is 0. The standard InChI is InChI=1S/C10H12O4S.2ClH/c11-9(12)5-3-7-1-2-8(15-7)4-6-10(13)14;;/h1-2H,3-6H2,(H,11,12)(H,13,14);2*1H. The number of rotatable bonds is 6. The first kappa shape index (κ1) is 18.6.